The largest absolute Gasteiger partial charge is 0.452 e. The van der Waals surface area contributed by atoms with Crippen LogP contribution in [0.3, 0.4) is 0 Å². The summed E-state index contributed by atoms with van der Waals surface area (Å²) in [5.74, 6) is -1.97. The average Bonchev–Trinajstić information content (AvgIpc) is 3.02. The Morgan fingerprint density at radius 3 is 2.33 bits per heavy atom. The number of morpholine rings is 1. The van der Waals surface area contributed by atoms with E-state index in [0.29, 0.717) is 18.8 Å². The molecule has 2 atom stereocenters. The van der Waals surface area contributed by atoms with E-state index in [2.05, 4.69) is 0 Å². The number of hydrogen-bond acceptors (Lipinski definition) is 6. The second-order valence-electron chi connectivity index (χ2n) is 8.63. The lowest BCUT2D eigenvalue weighted by Gasteiger charge is -2.35. The number of carbonyl (C=O) groups is 4. The van der Waals surface area contributed by atoms with E-state index in [4.69, 9.17) is 9.47 Å². The molecule has 0 radical (unpaired) electrons. The lowest BCUT2D eigenvalue weighted by molar-refractivity contribution is -0.146. The Kier molecular flexibility index (Phi) is 6.03. The first-order chi connectivity index (χ1) is 15.7. The van der Waals surface area contributed by atoms with Crippen LogP contribution < -0.4 is 4.90 Å². The molecule has 0 bridgehead atoms. The molecule has 0 spiro atoms. The van der Waals surface area contributed by atoms with Crippen LogP contribution >= 0.6 is 0 Å². The molecular weight excluding hydrogens is 424 g/mol. The average molecular weight is 450 g/mol. The van der Waals surface area contributed by atoms with E-state index in [1.807, 2.05) is 39.8 Å². The number of rotatable bonds is 4. The van der Waals surface area contributed by atoms with Gasteiger partial charge in [0.05, 0.1) is 34.6 Å². The third-order valence-electron chi connectivity index (χ3n) is 5.83. The second kappa shape index (κ2) is 8.78. The van der Waals surface area contributed by atoms with Gasteiger partial charge in [-0.05, 0) is 63.1 Å². The molecule has 172 valence electrons. The van der Waals surface area contributed by atoms with Gasteiger partial charge < -0.3 is 14.4 Å². The molecule has 2 aliphatic rings. The molecule has 2 aromatic carbocycles. The standard InChI is InChI=1S/C25H26N2O6/c1-14-5-6-15(2)21(9-14)27-23(29)19-8-7-18(10-20(19)24(27)30)25(31)32-13-22(28)26-11-16(3)33-17(4)12-26/h5-10,16-17H,11-13H2,1-4H3/t16-,17+. The monoisotopic (exact) mass is 450 g/mol. The van der Waals surface area contributed by atoms with E-state index in [-0.39, 0.29) is 34.8 Å². The maximum atomic E-state index is 13.1. The Labute approximate surface area is 192 Å². The summed E-state index contributed by atoms with van der Waals surface area (Å²) >= 11 is 0. The minimum absolute atomic E-state index is 0.0892. The molecule has 1 fully saturated rings. The zero-order valence-corrected chi connectivity index (χ0v) is 19.1. The summed E-state index contributed by atoms with van der Waals surface area (Å²) in [5, 5.41) is 0. The molecule has 0 aromatic heterocycles. The van der Waals surface area contributed by atoms with E-state index in [0.717, 1.165) is 16.0 Å². The van der Waals surface area contributed by atoms with Crippen LogP contribution in [-0.4, -0.2) is 60.5 Å². The molecule has 2 aliphatic heterocycles. The van der Waals surface area contributed by atoms with Crippen LogP contribution in [0.25, 0.3) is 0 Å². The van der Waals surface area contributed by atoms with E-state index in [9.17, 15) is 19.2 Å². The minimum Gasteiger partial charge on any atom is -0.452 e. The van der Waals surface area contributed by atoms with Gasteiger partial charge >= 0.3 is 5.97 Å². The highest BCUT2D eigenvalue weighted by molar-refractivity contribution is 6.35. The van der Waals surface area contributed by atoms with Gasteiger partial charge in [-0.1, -0.05) is 12.1 Å². The first-order valence-electron chi connectivity index (χ1n) is 10.9. The summed E-state index contributed by atoms with van der Waals surface area (Å²) in [6.45, 7) is 7.94. The fourth-order valence-electron chi connectivity index (χ4n) is 4.23. The SMILES string of the molecule is Cc1ccc(C)c(N2C(=O)c3ccc(C(=O)OCC(=O)N4C[C@@H](C)O[C@@H](C)C4)cc3C2=O)c1. The van der Waals surface area contributed by atoms with Crippen LogP contribution in [-0.2, 0) is 14.3 Å². The van der Waals surface area contributed by atoms with Crippen LogP contribution in [0.5, 0.6) is 0 Å². The Bertz CT molecular complexity index is 1150. The number of hydrogen-bond donors (Lipinski definition) is 0. The van der Waals surface area contributed by atoms with Crippen molar-refractivity contribution in [3.8, 4) is 0 Å². The van der Waals surface area contributed by atoms with Crippen LogP contribution in [0.2, 0.25) is 0 Å². The van der Waals surface area contributed by atoms with Crippen LogP contribution in [0.4, 0.5) is 5.69 Å². The van der Waals surface area contributed by atoms with Gasteiger partial charge in [0.15, 0.2) is 6.61 Å². The molecule has 1 saturated heterocycles. The number of anilines is 1. The smallest absolute Gasteiger partial charge is 0.338 e. The van der Waals surface area contributed by atoms with Crippen molar-refractivity contribution >= 4 is 29.4 Å². The quantitative estimate of drug-likeness (QED) is 0.525. The van der Waals surface area contributed by atoms with Crippen molar-refractivity contribution in [3.63, 3.8) is 0 Å². The number of ether oxygens (including phenoxy) is 2. The van der Waals surface area contributed by atoms with E-state index in [1.165, 1.54) is 18.2 Å². The van der Waals surface area contributed by atoms with Crippen LogP contribution in [0, 0.1) is 13.8 Å². The van der Waals surface area contributed by atoms with Gasteiger partial charge in [-0.3, -0.25) is 14.4 Å². The van der Waals surface area contributed by atoms with Crippen molar-refractivity contribution in [1.29, 1.82) is 0 Å². The molecule has 3 amide bonds. The number of carbonyl (C=O) groups excluding carboxylic acids is 4. The zero-order chi connectivity index (χ0) is 23.9. The van der Waals surface area contributed by atoms with Gasteiger partial charge in [0.2, 0.25) is 0 Å². The maximum Gasteiger partial charge on any atom is 0.338 e. The minimum atomic E-state index is -0.731. The molecular formula is C25H26N2O6. The number of benzene rings is 2. The molecule has 2 aromatic rings. The van der Waals surface area contributed by atoms with Gasteiger partial charge in [-0.2, -0.15) is 0 Å². The highest BCUT2D eigenvalue weighted by atomic mass is 16.5. The summed E-state index contributed by atoms with van der Waals surface area (Å²) in [6, 6.07) is 9.78. The molecule has 8 heteroatoms. The Morgan fingerprint density at radius 2 is 1.64 bits per heavy atom. The summed E-state index contributed by atoms with van der Waals surface area (Å²) in [7, 11) is 0. The third kappa shape index (κ3) is 4.39. The molecule has 8 nitrogen and oxygen atoms in total. The zero-order valence-electron chi connectivity index (χ0n) is 19.1. The van der Waals surface area contributed by atoms with Crippen LogP contribution in [0.1, 0.15) is 56.0 Å². The number of esters is 1. The normalized spacial score (nSPS) is 20.1. The predicted octanol–water partition coefficient (Wildman–Crippen LogP) is 2.90. The second-order valence-corrected chi connectivity index (χ2v) is 8.63. The summed E-state index contributed by atoms with van der Waals surface area (Å²) in [6.07, 6.45) is -0.178. The molecule has 0 aliphatic carbocycles. The molecule has 0 N–H and O–H groups in total. The molecule has 0 unspecified atom stereocenters. The molecule has 2 heterocycles. The first-order valence-corrected chi connectivity index (χ1v) is 10.9. The van der Waals surface area contributed by atoms with E-state index >= 15 is 0 Å². The predicted molar refractivity (Wildman–Crippen MR) is 120 cm³/mol. The van der Waals surface area contributed by atoms with Gasteiger partial charge in [0.1, 0.15) is 0 Å². The maximum absolute atomic E-state index is 13.1. The molecule has 0 saturated carbocycles. The lowest BCUT2D eigenvalue weighted by Crippen LogP contribution is -2.49. The van der Waals surface area contributed by atoms with Gasteiger partial charge in [-0.25, -0.2) is 9.69 Å². The van der Waals surface area contributed by atoms with Crippen molar-refractivity contribution in [3.05, 3.63) is 64.2 Å². The highest BCUT2D eigenvalue weighted by Gasteiger charge is 2.38. The van der Waals surface area contributed by atoms with Crippen molar-refractivity contribution in [1.82, 2.24) is 4.90 Å². The number of amides is 3. The van der Waals surface area contributed by atoms with Gasteiger partial charge in [-0.15, -0.1) is 0 Å². The van der Waals surface area contributed by atoms with Crippen molar-refractivity contribution in [2.75, 3.05) is 24.6 Å². The van der Waals surface area contributed by atoms with Crippen molar-refractivity contribution in [2.45, 2.75) is 39.9 Å². The third-order valence-corrected chi connectivity index (χ3v) is 5.83. The molecule has 4 rings (SSSR count). The van der Waals surface area contributed by atoms with Crippen molar-refractivity contribution in [2.24, 2.45) is 0 Å². The summed E-state index contributed by atoms with van der Waals surface area (Å²) in [5.41, 5.74) is 2.70. The van der Waals surface area contributed by atoms with Gasteiger partial charge in [0.25, 0.3) is 17.7 Å². The summed E-state index contributed by atoms with van der Waals surface area (Å²) < 4.78 is 10.8. The fourth-order valence-corrected chi connectivity index (χ4v) is 4.23. The highest BCUT2D eigenvalue weighted by Crippen LogP contribution is 2.32. The fraction of sp³-hybridized carbons (Fsp3) is 0.360. The number of imide groups is 1. The van der Waals surface area contributed by atoms with E-state index < -0.39 is 24.4 Å². The number of fused-ring (bicyclic) bond motifs is 1. The topological polar surface area (TPSA) is 93.2 Å². The Hall–Kier alpha value is -3.52. The molecule has 33 heavy (non-hydrogen) atoms. The Morgan fingerprint density at radius 1 is 0.970 bits per heavy atom. The number of nitrogens with zero attached hydrogens (tertiary/aromatic N) is 2. The summed E-state index contributed by atoms with van der Waals surface area (Å²) in [4.78, 5) is 53.8. The lowest BCUT2D eigenvalue weighted by atomic mass is 10.1. The first kappa shape index (κ1) is 22.7. The van der Waals surface area contributed by atoms with E-state index in [1.54, 1.807) is 11.0 Å². The number of aryl methyl sites for hydroxylation is 2. The van der Waals surface area contributed by atoms with Gasteiger partial charge in [0, 0.05) is 13.1 Å². The Balaban J connectivity index is 1.48. The van der Waals surface area contributed by atoms with Crippen molar-refractivity contribution < 1.29 is 28.7 Å². The van der Waals surface area contributed by atoms with Crippen LogP contribution in [0.15, 0.2) is 36.4 Å².